The van der Waals surface area contributed by atoms with Crippen molar-refractivity contribution in [2.24, 2.45) is 0 Å². The number of methoxy groups -OCH3 is 1. The van der Waals surface area contributed by atoms with E-state index in [2.05, 4.69) is 15.4 Å². The lowest BCUT2D eigenvalue weighted by Gasteiger charge is -2.17. The van der Waals surface area contributed by atoms with Crippen molar-refractivity contribution in [1.29, 1.82) is 0 Å². The summed E-state index contributed by atoms with van der Waals surface area (Å²) in [6.45, 7) is 0. The number of fused-ring (bicyclic) bond motifs is 1. The lowest BCUT2D eigenvalue weighted by molar-refractivity contribution is -0.141. The van der Waals surface area contributed by atoms with Gasteiger partial charge in [-0.25, -0.2) is 14.3 Å². The van der Waals surface area contributed by atoms with E-state index >= 15 is 0 Å². The van der Waals surface area contributed by atoms with Gasteiger partial charge in [0.1, 0.15) is 5.52 Å². The van der Waals surface area contributed by atoms with Gasteiger partial charge in [-0.1, -0.05) is 30.3 Å². The normalized spacial score (nSPS) is 12.0. The number of carbonyl (C=O) groups is 1. The third-order valence-electron chi connectivity index (χ3n) is 3.18. The van der Waals surface area contributed by atoms with Crippen LogP contribution in [0.1, 0.15) is 11.6 Å². The van der Waals surface area contributed by atoms with E-state index in [1.165, 1.54) is 7.11 Å². The van der Waals surface area contributed by atoms with Crippen LogP contribution in [0.2, 0.25) is 0 Å². The minimum atomic E-state index is -0.621. The minimum Gasteiger partial charge on any atom is -0.467 e. The fraction of sp³-hybridized carbons (Fsp3) is 0.133. The summed E-state index contributed by atoms with van der Waals surface area (Å²) < 4.78 is 6.57. The SMILES string of the molecule is COC(=O)C(Nc1nccn2nccc12)c1ccccc1. The van der Waals surface area contributed by atoms with Gasteiger partial charge in [-0.3, -0.25) is 0 Å². The number of hydrogen-bond acceptors (Lipinski definition) is 5. The molecule has 106 valence electrons. The average Bonchev–Trinajstić information content (AvgIpc) is 3.02. The Kier molecular flexibility index (Phi) is 3.51. The predicted octanol–water partition coefficient (Wildman–Crippen LogP) is 2.06. The number of nitrogens with one attached hydrogen (secondary N) is 1. The van der Waals surface area contributed by atoms with Crippen molar-refractivity contribution in [1.82, 2.24) is 14.6 Å². The maximum absolute atomic E-state index is 12.1. The fourth-order valence-electron chi connectivity index (χ4n) is 2.15. The molecule has 6 nitrogen and oxygen atoms in total. The summed E-state index contributed by atoms with van der Waals surface area (Å²) in [7, 11) is 1.37. The maximum Gasteiger partial charge on any atom is 0.333 e. The first kappa shape index (κ1) is 13.1. The fourth-order valence-corrected chi connectivity index (χ4v) is 2.15. The van der Waals surface area contributed by atoms with Crippen LogP contribution < -0.4 is 5.32 Å². The Morgan fingerprint density at radius 2 is 2.05 bits per heavy atom. The second-order valence-corrected chi connectivity index (χ2v) is 4.45. The van der Waals surface area contributed by atoms with Gasteiger partial charge in [0.25, 0.3) is 0 Å². The molecule has 0 aliphatic rings. The number of nitrogens with zero attached hydrogens (tertiary/aromatic N) is 3. The van der Waals surface area contributed by atoms with Crippen LogP contribution in [-0.4, -0.2) is 27.7 Å². The Morgan fingerprint density at radius 1 is 1.24 bits per heavy atom. The molecular formula is C15H14N4O2. The zero-order chi connectivity index (χ0) is 14.7. The van der Waals surface area contributed by atoms with Crippen molar-refractivity contribution in [3.63, 3.8) is 0 Å². The van der Waals surface area contributed by atoms with Gasteiger partial charge in [0.05, 0.1) is 13.3 Å². The average molecular weight is 282 g/mol. The Hall–Kier alpha value is -2.89. The molecule has 0 bridgehead atoms. The van der Waals surface area contributed by atoms with E-state index in [4.69, 9.17) is 4.74 Å². The van der Waals surface area contributed by atoms with E-state index in [1.807, 2.05) is 36.4 Å². The molecule has 1 unspecified atom stereocenters. The van der Waals surface area contributed by atoms with Crippen molar-refractivity contribution in [3.8, 4) is 0 Å². The summed E-state index contributed by atoms with van der Waals surface area (Å²) in [5.41, 5.74) is 1.61. The minimum absolute atomic E-state index is 0.371. The lowest BCUT2D eigenvalue weighted by Crippen LogP contribution is -2.23. The molecule has 0 saturated carbocycles. The second-order valence-electron chi connectivity index (χ2n) is 4.45. The molecular weight excluding hydrogens is 268 g/mol. The number of anilines is 1. The highest BCUT2D eigenvalue weighted by Crippen LogP contribution is 2.22. The predicted molar refractivity (Wildman–Crippen MR) is 77.8 cm³/mol. The first-order chi connectivity index (χ1) is 10.3. The molecule has 0 amide bonds. The van der Waals surface area contributed by atoms with Gasteiger partial charge >= 0.3 is 5.97 Å². The number of benzene rings is 1. The largest absolute Gasteiger partial charge is 0.467 e. The van der Waals surface area contributed by atoms with Crippen molar-refractivity contribution in [2.45, 2.75) is 6.04 Å². The van der Waals surface area contributed by atoms with Crippen LogP contribution in [0.5, 0.6) is 0 Å². The molecule has 0 saturated heterocycles. The maximum atomic E-state index is 12.1. The summed E-state index contributed by atoms with van der Waals surface area (Å²) >= 11 is 0. The Balaban J connectivity index is 1.99. The number of rotatable bonds is 4. The topological polar surface area (TPSA) is 68.5 Å². The van der Waals surface area contributed by atoms with Gasteiger partial charge < -0.3 is 10.1 Å². The van der Waals surface area contributed by atoms with Gasteiger partial charge in [-0.05, 0) is 11.6 Å². The molecule has 3 aromatic rings. The van der Waals surface area contributed by atoms with E-state index in [0.717, 1.165) is 11.1 Å². The summed E-state index contributed by atoms with van der Waals surface area (Å²) in [6, 6.07) is 10.6. The Labute approximate surface area is 121 Å². The highest BCUT2D eigenvalue weighted by Gasteiger charge is 2.22. The molecule has 6 heteroatoms. The van der Waals surface area contributed by atoms with E-state index in [1.54, 1.807) is 23.1 Å². The highest BCUT2D eigenvalue weighted by molar-refractivity contribution is 5.82. The van der Waals surface area contributed by atoms with Crippen LogP contribution in [0.25, 0.3) is 5.52 Å². The summed E-state index contributed by atoms with van der Waals surface area (Å²) in [5.74, 6) is 0.207. The molecule has 3 rings (SSSR count). The molecule has 0 aliphatic carbocycles. The van der Waals surface area contributed by atoms with E-state index in [9.17, 15) is 4.79 Å². The Bertz CT molecular complexity index is 754. The van der Waals surface area contributed by atoms with Crippen LogP contribution in [-0.2, 0) is 9.53 Å². The molecule has 1 atom stereocenters. The molecule has 0 spiro atoms. The second kappa shape index (κ2) is 5.62. The molecule has 1 N–H and O–H groups in total. The number of hydrogen-bond donors (Lipinski definition) is 1. The van der Waals surface area contributed by atoms with E-state index < -0.39 is 6.04 Å². The molecule has 21 heavy (non-hydrogen) atoms. The van der Waals surface area contributed by atoms with Gasteiger partial charge in [0, 0.05) is 12.4 Å². The first-order valence-electron chi connectivity index (χ1n) is 6.47. The Morgan fingerprint density at radius 3 is 2.81 bits per heavy atom. The van der Waals surface area contributed by atoms with Crippen LogP contribution >= 0.6 is 0 Å². The first-order valence-corrected chi connectivity index (χ1v) is 6.47. The lowest BCUT2D eigenvalue weighted by atomic mass is 10.1. The molecule has 0 radical (unpaired) electrons. The molecule has 0 fully saturated rings. The van der Waals surface area contributed by atoms with Gasteiger partial charge in [0.2, 0.25) is 0 Å². The quantitative estimate of drug-likeness (QED) is 0.742. The molecule has 0 aliphatic heterocycles. The molecule has 2 aromatic heterocycles. The van der Waals surface area contributed by atoms with Gasteiger partial charge in [-0.2, -0.15) is 5.10 Å². The monoisotopic (exact) mass is 282 g/mol. The van der Waals surface area contributed by atoms with Crippen molar-refractivity contribution < 1.29 is 9.53 Å². The number of carbonyl (C=O) groups excluding carboxylic acids is 1. The van der Waals surface area contributed by atoms with E-state index in [0.29, 0.717) is 5.82 Å². The summed E-state index contributed by atoms with van der Waals surface area (Å²) in [4.78, 5) is 16.3. The highest BCUT2D eigenvalue weighted by atomic mass is 16.5. The number of esters is 1. The third-order valence-corrected chi connectivity index (χ3v) is 3.18. The smallest absolute Gasteiger partial charge is 0.333 e. The van der Waals surface area contributed by atoms with Crippen LogP contribution in [0, 0.1) is 0 Å². The van der Waals surface area contributed by atoms with Crippen LogP contribution in [0.4, 0.5) is 5.82 Å². The van der Waals surface area contributed by atoms with Crippen LogP contribution in [0.3, 0.4) is 0 Å². The van der Waals surface area contributed by atoms with Gasteiger partial charge in [0.15, 0.2) is 11.9 Å². The molecule has 2 heterocycles. The zero-order valence-corrected chi connectivity index (χ0v) is 11.4. The summed E-state index contributed by atoms with van der Waals surface area (Å²) in [5, 5.41) is 7.27. The number of ether oxygens (including phenoxy) is 1. The van der Waals surface area contributed by atoms with Crippen molar-refractivity contribution in [2.75, 3.05) is 12.4 Å². The van der Waals surface area contributed by atoms with Crippen LogP contribution in [0.15, 0.2) is 55.0 Å². The number of aromatic nitrogens is 3. The van der Waals surface area contributed by atoms with Gasteiger partial charge in [-0.15, -0.1) is 0 Å². The third kappa shape index (κ3) is 2.55. The van der Waals surface area contributed by atoms with Crippen molar-refractivity contribution in [3.05, 3.63) is 60.6 Å². The van der Waals surface area contributed by atoms with Crippen molar-refractivity contribution >= 4 is 17.3 Å². The zero-order valence-electron chi connectivity index (χ0n) is 11.4. The summed E-state index contributed by atoms with van der Waals surface area (Å²) in [6.07, 6.45) is 5.05. The molecule has 1 aromatic carbocycles. The standard InChI is InChI=1S/C15H14N4O2/c1-21-15(20)13(11-5-3-2-4-6-11)18-14-12-7-8-17-19(12)10-9-16-14/h2-10,13H,1H3,(H,16,18). The van der Waals surface area contributed by atoms with E-state index in [-0.39, 0.29) is 5.97 Å².